The van der Waals surface area contributed by atoms with Gasteiger partial charge in [0, 0.05) is 12.2 Å². The van der Waals surface area contributed by atoms with Gasteiger partial charge in [0.05, 0.1) is 13.0 Å². The number of aliphatic carboxylic acids is 2. The van der Waals surface area contributed by atoms with Gasteiger partial charge < -0.3 is 37.0 Å². The molecule has 3 unspecified atom stereocenters. The molecule has 31 heavy (non-hydrogen) atoms. The summed E-state index contributed by atoms with van der Waals surface area (Å²) in [6.07, 6.45) is -0.978. The Labute approximate surface area is 182 Å². The lowest BCUT2D eigenvalue weighted by Gasteiger charge is -2.23. The fourth-order valence-electron chi connectivity index (χ4n) is 2.44. The first-order chi connectivity index (χ1) is 14.6. The quantitative estimate of drug-likeness (QED) is 0.161. The van der Waals surface area contributed by atoms with Crippen molar-refractivity contribution in [1.82, 2.24) is 16.0 Å². The second-order valence-corrected chi connectivity index (χ2v) is 6.80. The summed E-state index contributed by atoms with van der Waals surface area (Å²) in [5.41, 5.74) is 5.66. The maximum Gasteiger partial charge on any atom is 0.326 e. The average molecular weight is 456 g/mol. The summed E-state index contributed by atoms with van der Waals surface area (Å²) in [5, 5.41) is 34.4. The average Bonchev–Trinajstić information content (AvgIpc) is 2.71. The second-order valence-electron chi connectivity index (χ2n) is 6.44. The van der Waals surface area contributed by atoms with E-state index in [9.17, 15) is 34.2 Å². The number of amides is 3. The molecule has 13 heteroatoms. The highest BCUT2D eigenvalue weighted by Crippen LogP contribution is 2.11. The summed E-state index contributed by atoms with van der Waals surface area (Å²) in [6, 6.07) is 1.40. The smallest absolute Gasteiger partial charge is 0.326 e. The molecule has 0 aromatic heterocycles. The van der Waals surface area contributed by atoms with Crippen LogP contribution in [0.3, 0.4) is 0 Å². The SMILES string of the molecule is NCC(=O)NC(CS)C(=O)NC(CC(=O)O)C(=O)NC(Cc1ccc(O)cc1)C(=O)O. The summed E-state index contributed by atoms with van der Waals surface area (Å²) in [6.45, 7) is -0.395. The highest BCUT2D eigenvalue weighted by molar-refractivity contribution is 7.80. The first kappa shape index (κ1) is 25.7. The topological polar surface area (TPSA) is 208 Å². The summed E-state index contributed by atoms with van der Waals surface area (Å²) in [4.78, 5) is 58.9. The molecule has 0 saturated carbocycles. The molecule has 3 atom stereocenters. The Morgan fingerprint density at radius 2 is 1.45 bits per heavy atom. The second kappa shape index (κ2) is 12.4. The van der Waals surface area contributed by atoms with E-state index in [0.717, 1.165) is 0 Å². The van der Waals surface area contributed by atoms with Crippen molar-refractivity contribution in [3.05, 3.63) is 29.8 Å². The van der Waals surface area contributed by atoms with Crippen LogP contribution in [-0.2, 0) is 30.4 Å². The molecule has 170 valence electrons. The zero-order valence-electron chi connectivity index (χ0n) is 16.3. The lowest BCUT2D eigenvalue weighted by Crippen LogP contribution is -2.57. The van der Waals surface area contributed by atoms with Crippen LogP contribution >= 0.6 is 12.6 Å². The van der Waals surface area contributed by atoms with Gasteiger partial charge in [0.2, 0.25) is 17.7 Å². The molecule has 0 fully saturated rings. The number of phenolic OH excluding ortho intramolecular Hbond substituents is 1. The lowest BCUT2D eigenvalue weighted by molar-refractivity contribution is -0.143. The Hall–Kier alpha value is -3.32. The number of carboxylic acids is 2. The van der Waals surface area contributed by atoms with Crippen LogP contribution in [0.5, 0.6) is 5.75 Å². The van der Waals surface area contributed by atoms with Crippen molar-refractivity contribution >= 4 is 42.3 Å². The first-order valence-corrected chi connectivity index (χ1v) is 9.64. The predicted molar refractivity (Wildman–Crippen MR) is 110 cm³/mol. The fourth-order valence-corrected chi connectivity index (χ4v) is 2.70. The zero-order chi connectivity index (χ0) is 23.6. The van der Waals surface area contributed by atoms with Crippen molar-refractivity contribution in [2.45, 2.75) is 31.0 Å². The Morgan fingerprint density at radius 3 is 1.94 bits per heavy atom. The molecule has 0 aliphatic heterocycles. The summed E-state index contributed by atoms with van der Waals surface area (Å²) in [7, 11) is 0. The van der Waals surface area contributed by atoms with Crippen LogP contribution in [0.1, 0.15) is 12.0 Å². The Bertz CT molecular complexity index is 817. The van der Waals surface area contributed by atoms with Crippen LogP contribution in [0.4, 0.5) is 0 Å². The molecule has 0 radical (unpaired) electrons. The van der Waals surface area contributed by atoms with Crippen molar-refractivity contribution in [3.8, 4) is 5.75 Å². The third-order valence-corrected chi connectivity index (χ3v) is 4.39. The van der Waals surface area contributed by atoms with E-state index in [2.05, 4.69) is 28.6 Å². The van der Waals surface area contributed by atoms with Crippen molar-refractivity contribution in [1.29, 1.82) is 0 Å². The molecule has 1 aromatic carbocycles. The highest BCUT2D eigenvalue weighted by Gasteiger charge is 2.30. The molecular formula is C18H24N4O8S. The van der Waals surface area contributed by atoms with Gasteiger partial charge >= 0.3 is 11.9 Å². The van der Waals surface area contributed by atoms with Crippen LogP contribution in [0.25, 0.3) is 0 Å². The molecule has 0 spiro atoms. The number of thiol groups is 1. The van der Waals surface area contributed by atoms with E-state index in [0.29, 0.717) is 5.56 Å². The maximum absolute atomic E-state index is 12.5. The number of nitrogens with one attached hydrogen (secondary N) is 3. The fraction of sp³-hybridized carbons (Fsp3) is 0.389. The van der Waals surface area contributed by atoms with Crippen LogP contribution in [0.15, 0.2) is 24.3 Å². The van der Waals surface area contributed by atoms with E-state index < -0.39 is 60.8 Å². The van der Waals surface area contributed by atoms with Crippen molar-refractivity contribution < 1.29 is 39.3 Å². The molecule has 1 aromatic rings. The van der Waals surface area contributed by atoms with E-state index >= 15 is 0 Å². The van der Waals surface area contributed by atoms with E-state index in [1.807, 2.05) is 0 Å². The molecule has 0 bridgehead atoms. The number of phenols is 1. The van der Waals surface area contributed by atoms with Crippen LogP contribution < -0.4 is 21.7 Å². The number of aromatic hydroxyl groups is 1. The maximum atomic E-state index is 12.5. The number of hydrogen-bond acceptors (Lipinski definition) is 8. The largest absolute Gasteiger partial charge is 0.508 e. The van der Waals surface area contributed by atoms with E-state index in [-0.39, 0.29) is 17.9 Å². The lowest BCUT2D eigenvalue weighted by atomic mass is 10.0. The van der Waals surface area contributed by atoms with Crippen molar-refractivity contribution in [3.63, 3.8) is 0 Å². The van der Waals surface area contributed by atoms with Gasteiger partial charge in [0.25, 0.3) is 0 Å². The van der Waals surface area contributed by atoms with Gasteiger partial charge in [-0.25, -0.2) is 4.79 Å². The van der Waals surface area contributed by atoms with Gasteiger partial charge in [-0.3, -0.25) is 19.2 Å². The van der Waals surface area contributed by atoms with Gasteiger partial charge in [-0.2, -0.15) is 12.6 Å². The van der Waals surface area contributed by atoms with Crippen LogP contribution in [-0.4, -0.2) is 75.4 Å². The minimum absolute atomic E-state index is 0.0237. The monoisotopic (exact) mass is 456 g/mol. The first-order valence-electron chi connectivity index (χ1n) is 9.00. The molecule has 1 rings (SSSR count). The minimum atomic E-state index is -1.61. The molecule has 8 N–H and O–H groups in total. The predicted octanol–water partition coefficient (Wildman–Crippen LogP) is -2.16. The number of rotatable bonds is 12. The van der Waals surface area contributed by atoms with Gasteiger partial charge in [0.15, 0.2) is 0 Å². The van der Waals surface area contributed by atoms with Gasteiger partial charge in [-0.15, -0.1) is 0 Å². The van der Waals surface area contributed by atoms with E-state index in [1.54, 1.807) is 0 Å². The number of hydrogen-bond donors (Lipinski definition) is 8. The van der Waals surface area contributed by atoms with Crippen molar-refractivity contribution in [2.75, 3.05) is 12.3 Å². The molecule has 0 heterocycles. The number of carbonyl (C=O) groups is 5. The number of carbonyl (C=O) groups excluding carboxylic acids is 3. The van der Waals surface area contributed by atoms with Crippen LogP contribution in [0.2, 0.25) is 0 Å². The standard InChI is InChI=1S/C18H24N4O8S/c19-7-14(24)20-13(8-31)17(28)21-11(6-15(25)26)16(27)22-12(18(29)30)5-9-1-3-10(23)4-2-9/h1-4,11-13,23,31H,5-8,19H2,(H,20,24)(H,21,28)(H,22,27)(H,25,26)(H,29,30). The summed E-state index contributed by atoms with van der Waals surface area (Å²) < 4.78 is 0. The van der Waals surface area contributed by atoms with Crippen LogP contribution in [0, 0.1) is 0 Å². The molecule has 3 amide bonds. The zero-order valence-corrected chi connectivity index (χ0v) is 17.2. The molecule has 0 aliphatic carbocycles. The Morgan fingerprint density at radius 1 is 0.903 bits per heavy atom. The molecule has 12 nitrogen and oxygen atoms in total. The normalized spacial score (nSPS) is 13.4. The van der Waals surface area contributed by atoms with Gasteiger partial charge in [-0.05, 0) is 17.7 Å². The molecule has 0 saturated heterocycles. The van der Waals surface area contributed by atoms with E-state index in [4.69, 9.17) is 10.8 Å². The summed E-state index contributed by atoms with van der Waals surface area (Å²) >= 11 is 3.93. The van der Waals surface area contributed by atoms with Crippen molar-refractivity contribution in [2.24, 2.45) is 5.73 Å². The highest BCUT2D eigenvalue weighted by atomic mass is 32.1. The van der Waals surface area contributed by atoms with Gasteiger partial charge in [0.1, 0.15) is 23.9 Å². The number of benzene rings is 1. The third-order valence-electron chi connectivity index (χ3n) is 4.02. The molecule has 0 aliphatic rings. The number of nitrogens with two attached hydrogens (primary N) is 1. The Balaban J connectivity index is 2.92. The minimum Gasteiger partial charge on any atom is -0.508 e. The van der Waals surface area contributed by atoms with E-state index in [1.165, 1.54) is 24.3 Å². The third kappa shape index (κ3) is 8.92. The summed E-state index contributed by atoms with van der Waals surface area (Å²) in [5.74, 6) is -5.56. The van der Waals surface area contributed by atoms with Gasteiger partial charge in [-0.1, -0.05) is 12.1 Å². The number of carboxylic acid groups (broad SMARTS) is 2. The Kier molecular flexibility index (Phi) is 10.3. The molecular weight excluding hydrogens is 432 g/mol.